The molecule has 1 amide bonds. The van der Waals surface area contributed by atoms with Crippen LogP contribution in [0.15, 0.2) is 0 Å². The van der Waals surface area contributed by atoms with Gasteiger partial charge in [0.15, 0.2) is 0 Å². The lowest BCUT2D eigenvalue weighted by Crippen LogP contribution is -2.51. The number of aliphatic hydroxyl groups excluding tert-OH is 1. The largest absolute Gasteiger partial charge is 0.395 e. The number of amides is 1. The van der Waals surface area contributed by atoms with E-state index in [0.717, 1.165) is 0 Å². The molecule has 120 valence electrons. The molecule has 0 aliphatic carbocycles. The van der Waals surface area contributed by atoms with E-state index in [1.165, 1.54) is 11.8 Å². The normalized spacial score (nSPS) is 13.5. The van der Waals surface area contributed by atoms with E-state index in [4.69, 9.17) is 5.11 Å². The van der Waals surface area contributed by atoms with Gasteiger partial charge in [0.2, 0.25) is 15.9 Å². The summed E-state index contributed by atoms with van der Waals surface area (Å²) in [6.45, 7) is 5.28. The summed E-state index contributed by atoms with van der Waals surface area (Å²) in [7, 11) is -3.44. The SMILES string of the molecule is CCS(=O)(=O)NC(CCSC)C(=O)N(CCO)C(C)C. The third-order valence-electron chi connectivity index (χ3n) is 2.86. The van der Waals surface area contributed by atoms with Gasteiger partial charge in [-0.05, 0) is 39.2 Å². The molecule has 2 N–H and O–H groups in total. The fourth-order valence-electron chi connectivity index (χ4n) is 1.70. The molecule has 0 aromatic heterocycles. The second-order valence-electron chi connectivity index (χ2n) is 4.70. The Balaban J connectivity index is 5.03. The van der Waals surface area contributed by atoms with Crippen LogP contribution in [-0.4, -0.2) is 67.3 Å². The van der Waals surface area contributed by atoms with E-state index in [-0.39, 0.29) is 30.9 Å². The van der Waals surface area contributed by atoms with Crippen LogP contribution in [0.5, 0.6) is 0 Å². The average Bonchev–Trinajstić information content (AvgIpc) is 2.39. The van der Waals surface area contributed by atoms with Crippen LogP contribution in [0, 0.1) is 0 Å². The predicted octanol–water partition coefficient (Wildman–Crippen LogP) is 0.277. The first-order valence-electron chi connectivity index (χ1n) is 6.69. The lowest BCUT2D eigenvalue weighted by Gasteiger charge is -2.30. The van der Waals surface area contributed by atoms with E-state index in [1.807, 2.05) is 20.1 Å². The summed E-state index contributed by atoms with van der Waals surface area (Å²) < 4.78 is 25.8. The molecule has 0 spiro atoms. The van der Waals surface area contributed by atoms with Crippen LogP contribution in [-0.2, 0) is 14.8 Å². The van der Waals surface area contributed by atoms with Gasteiger partial charge in [-0.1, -0.05) is 0 Å². The van der Waals surface area contributed by atoms with Gasteiger partial charge in [-0.25, -0.2) is 13.1 Å². The Morgan fingerprint density at radius 1 is 1.40 bits per heavy atom. The third kappa shape index (κ3) is 6.92. The smallest absolute Gasteiger partial charge is 0.241 e. The van der Waals surface area contributed by atoms with E-state index in [1.54, 1.807) is 11.8 Å². The average molecular weight is 326 g/mol. The predicted molar refractivity (Wildman–Crippen MR) is 83.3 cm³/mol. The van der Waals surface area contributed by atoms with Gasteiger partial charge >= 0.3 is 0 Å². The number of carbonyl (C=O) groups is 1. The first-order chi connectivity index (χ1) is 9.29. The molecule has 8 heteroatoms. The second kappa shape index (κ2) is 9.59. The van der Waals surface area contributed by atoms with Crippen LogP contribution in [0.25, 0.3) is 0 Å². The van der Waals surface area contributed by atoms with Crippen molar-refractivity contribution in [1.82, 2.24) is 9.62 Å². The van der Waals surface area contributed by atoms with E-state index in [0.29, 0.717) is 12.2 Å². The number of thioether (sulfide) groups is 1. The zero-order chi connectivity index (χ0) is 15.8. The number of aliphatic hydroxyl groups is 1. The van der Waals surface area contributed by atoms with Crippen molar-refractivity contribution < 1.29 is 18.3 Å². The molecule has 0 aliphatic heterocycles. The van der Waals surface area contributed by atoms with Gasteiger partial charge in [0.1, 0.15) is 6.04 Å². The number of carbonyl (C=O) groups excluding carboxylic acids is 1. The summed E-state index contributed by atoms with van der Waals surface area (Å²) >= 11 is 1.56. The highest BCUT2D eigenvalue weighted by Crippen LogP contribution is 2.09. The second-order valence-corrected chi connectivity index (χ2v) is 7.73. The van der Waals surface area contributed by atoms with Gasteiger partial charge in [0.25, 0.3) is 0 Å². The summed E-state index contributed by atoms with van der Waals surface area (Å²) in [5, 5.41) is 9.03. The van der Waals surface area contributed by atoms with E-state index in [9.17, 15) is 13.2 Å². The summed E-state index contributed by atoms with van der Waals surface area (Å²) in [6.07, 6.45) is 2.34. The van der Waals surface area contributed by atoms with Gasteiger partial charge in [-0.2, -0.15) is 11.8 Å². The highest BCUT2D eigenvalue weighted by atomic mass is 32.2. The number of hydrogen-bond donors (Lipinski definition) is 2. The molecular weight excluding hydrogens is 300 g/mol. The number of rotatable bonds is 10. The Hall–Kier alpha value is -0.310. The fraction of sp³-hybridized carbons (Fsp3) is 0.917. The Morgan fingerprint density at radius 2 is 2.00 bits per heavy atom. The molecule has 0 aromatic rings. The van der Waals surface area contributed by atoms with Gasteiger partial charge < -0.3 is 10.0 Å². The molecule has 20 heavy (non-hydrogen) atoms. The van der Waals surface area contributed by atoms with Crippen molar-refractivity contribution in [2.75, 3.05) is 30.9 Å². The van der Waals surface area contributed by atoms with Crippen LogP contribution < -0.4 is 4.72 Å². The summed E-state index contributed by atoms with van der Waals surface area (Å²) in [5.41, 5.74) is 0. The highest BCUT2D eigenvalue weighted by molar-refractivity contribution is 7.98. The summed E-state index contributed by atoms with van der Waals surface area (Å²) in [4.78, 5) is 14.0. The Labute approximate surface area is 126 Å². The van der Waals surface area contributed by atoms with Crippen LogP contribution in [0.2, 0.25) is 0 Å². The molecule has 0 saturated heterocycles. The number of nitrogens with one attached hydrogen (secondary N) is 1. The van der Waals surface area contributed by atoms with E-state index in [2.05, 4.69) is 4.72 Å². The zero-order valence-corrected chi connectivity index (χ0v) is 14.3. The van der Waals surface area contributed by atoms with Crippen LogP contribution in [0.4, 0.5) is 0 Å². The number of hydrogen-bond acceptors (Lipinski definition) is 5. The molecule has 1 atom stereocenters. The van der Waals surface area contributed by atoms with E-state index < -0.39 is 16.1 Å². The highest BCUT2D eigenvalue weighted by Gasteiger charge is 2.28. The minimum atomic E-state index is -3.44. The van der Waals surface area contributed by atoms with Crippen LogP contribution in [0.3, 0.4) is 0 Å². The van der Waals surface area contributed by atoms with Gasteiger partial charge in [-0.15, -0.1) is 0 Å². The van der Waals surface area contributed by atoms with Crippen LogP contribution >= 0.6 is 11.8 Å². The maximum Gasteiger partial charge on any atom is 0.241 e. The maximum atomic E-state index is 12.5. The minimum absolute atomic E-state index is 0.0578. The van der Waals surface area contributed by atoms with E-state index >= 15 is 0 Å². The molecule has 0 rings (SSSR count). The van der Waals surface area contributed by atoms with Crippen LogP contribution in [0.1, 0.15) is 27.2 Å². The van der Waals surface area contributed by atoms with Crippen molar-refractivity contribution in [2.45, 2.75) is 39.3 Å². The van der Waals surface area contributed by atoms with Crippen molar-refractivity contribution in [3.05, 3.63) is 0 Å². The summed E-state index contributed by atoms with van der Waals surface area (Å²) in [5.74, 6) is 0.353. The number of sulfonamides is 1. The lowest BCUT2D eigenvalue weighted by molar-refractivity contribution is -0.135. The molecule has 0 fully saturated rings. The Kier molecular flexibility index (Phi) is 9.45. The molecule has 0 heterocycles. The van der Waals surface area contributed by atoms with Crippen molar-refractivity contribution >= 4 is 27.7 Å². The van der Waals surface area contributed by atoms with Gasteiger partial charge in [0, 0.05) is 12.6 Å². The zero-order valence-electron chi connectivity index (χ0n) is 12.6. The third-order valence-corrected chi connectivity index (χ3v) is 4.91. The molecular formula is C12H26N2O4S2. The summed E-state index contributed by atoms with van der Waals surface area (Å²) in [6, 6.07) is -0.848. The molecule has 0 aliphatic rings. The lowest BCUT2D eigenvalue weighted by atomic mass is 10.2. The first kappa shape index (κ1) is 19.7. The van der Waals surface area contributed by atoms with Crippen molar-refractivity contribution in [3.8, 4) is 0 Å². The van der Waals surface area contributed by atoms with Crippen molar-refractivity contribution in [1.29, 1.82) is 0 Å². The minimum Gasteiger partial charge on any atom is -0.395 e. The molecule has 0 aromatic carbocycles. The Bertz CT molecular complexity index is 385. The van der Waals surface area contributed by atoms with Crippen molar-refractivity contribution in [3.63, 3.8) is 0 Å². The molecule has 1 unspecified atom stereocenters. The Morgan fingerprint density at radius 3 is 2.40 bits per heavy atom. The van der Waals surface area contributed by atoms with Gasteiger partial charge in [0.05, 0.1) is 12.4 Å². The number of nitrogens with zero attached hydrogens (tertiary/aromatic N) is 1. The molecule has 6 nitrogen and oxygen atoms in total. The molecule has 0 bridgehead atoms. The van der Waals surface area contributed by atoms with Crippen molar-refractivity contribution in [2.24, 2.45) is 0 Å². The maximum absolute atomic E-state index is 12.5. The molecule has 0 radical (unpaired) electrons. The first-order valence-corrected chi connectivity index (χ1v) is 9.73. The quantitative estimate of drug-likeness (QED) is 0.602. The van der Waals surface area contributed by atoms with Gasteiger partial charge in [-0.3, -0.25) is 4.79 Å². The standard InChI is InChI=1S/C12H26N2O4S2/c1-5-20(17,18)13-11(6-9-19-4)12(16)14(7-8-15)10(2)3/h10-11,13,15H,5-9H2,1-4H3. The monoisotopic (exact) mass is 326 g/mol. The molecule has 0 saturated carbocycles. The fourth-order valence-corrected chi connectivity index (χ4v) is 2.99. The topological polar surface area (TPSA) is 86.7 Å².